The number of aliphatic hydroxyl groups excluding tert-OH is 1. The molecule has 2 rings (SSSR count). The highest BCUT2D eigenvalue weighted by atomic mass is 79.9. The lowest BCUT2D eigenvalue weighted by Crippen LogP contribution is -2.28. The molecule has 2 fully saturated rings. The Morgan fingerprint density at radius 1 is 1.38 bits per heavy atom. The molecule has 1 N–H and O–H groups in total. The summed E-state index contributed by atoms with van der Waals surface area (Å²) >= 11 is 7.11. The van der Waals surface area contributed by atoms with Crippen molar-refractivity contribution in [1.29, 1.82) is 0 Å². The van der Waals surface area contributed by atoms with Crippen molar-refractivity contribution in [3.8, 4) is 0 Å². The number of aliphatic hydroxyl groups is 1. The lowest BCUT2D eigenvalue weighted by atomic mass is 9.93. The first kappa shape index (κ1) is 9.77. The molecular weight excluding hydrogens is 302 g/mol. The van der Waals surface area contributed by atoms with Gasteiger partial charge in [-0.05, 0) is 30.2 Å². The van der Waals surface area contributed by atoms with Gasteiger partial charge in [-0.3, -0.25) is 0 Å². The van der Waals surface area contributed by atoms with E-state index < -0.39 is 6.10 Å². The van der Waals surface area contributed by atoms with Crippen molar-refractivity contribution in [3.63, 3.8) is 0 Å². The zero-order valence-corrected chi connectivity index (χ0v) is 9.94. The molecule has 0 heterocycles. The number of alkyl halides is 2. The molecule has 0 amide bonds. The van der Waals surface area contributed by atoms with Gasteiger partial charge in [-0.15, -0.1) is 0 Å². The fourth-order valence-corrected chi connectivity index (χ4v) is 3.89. The van der Waals surface area contributed by atoms with E-state index in [2.05, 4.69) is 41.9 Å². The molecule has 4 atom stereocenters. The molecule has 2 aliphatic carbocycles. The lowest BCUT2D eigenvalue weighted by molar-refractivity contribution is 0.104. The number of hydrogen-bond donors (Lipinski definition) is 1. The zero-order valence-electron chi connectivity index (χ0n) is 6.77. The monoisotopic (exact) mass is 309 g/mol. The van der Waals surface area contributed by atoms with Crippen LogP contribution in [0, 0.1) is 11.8 Å². The van der Waals surface area contributed by atoms with Gasteiger partial charge >= 0.3 is 0 Å². The molecular formula is C7H9Br2N3O. The quantitative estimate of drug-likeness (QED) is 0.344. The molecule has 2 saturated carbocycles. The molecule has 0 aromatic carbocycles. The molecule has 0 spiro atoms. The number of fused-ring (bicyclic) bond motifs is 1. The highest BCUT2D eigenvalue weighted by Crippen LogP contribution is 2.67. The third-order valence-electron chi connectivity index (χ3n) is 3.00. The second kappa shape index (κ2) is 3.12. The van der Waals surface area contributed by atoms with Crippen molar-refractivity contribution in [2.24, 2.45) is 17.0 Å². The molecule has 0 bridgehead atoms. The summed E-state index contributed by atoms with van der Waals surface area (Å²) in [6.45, 7) is 0. The third-order valence-corrected chi connectivity index (χ3v) is 5.35. The standard InChI is InChI=1S/C7H9Br2N3O/c8-7(9)3-1-5(11-12-10)6(13)2-4(3)7/h3-6,13H,1-2H2/t3-,4+,5+,6+/m1/s1. The van der Waals surface area contributed by atoms with Crippen LogP contribution in [0.5, 0.6) is 0 Å². The normalized spacial score (nSPS) is 46.1. The topological polar surface area (TPSA) is 69.0 Å². The average molecular weight is 311 g/mol. The summed E-state index contributed by atoms with van der Waals surface area (Å²) in [5.41, 5.74) is 8.29. The van der Waals surface area contributed by atoms with E-state index in [1.807, 2.05) is 0 Å². The number of nitrogens with zero attached hydrogens (tertiary/aromatic N) is 3. The summed E-state index contributed by atoms with van der Waals surface area (Å²) in [5, 5.41) is 13.2. The van der Waals surface area contributed by atoms with Crippen LogP contribution in [0.1, 0.15) is 12.8 Å². The molecule has 6 heteroatoms. The van der Waals surface area contributed by atoms with E-state index in [4.69, 9.17) is 5.53 Å². The van der Waals surface area contributed by atoms with Crippen LogP contribution in [0.2, 0.25) is 0 Å². The predicted molar refractivity (Wildman–Crippen MR) is 55.7 cm³/mol. The maximum Gasteiger partial charge on any atom is 0.0869 e. The Labute approximate surface area is 92.6 Å². The zero-order chi connectivity index (χ0) is 9.64. The van der Waals surface area contributed by atoms with Gasteiger partial charge in [0.2, 0.25) is 0 Å². The highest BCUT2D eigenvalue weighted by molar-refractivity contribution is 9.25. The minimum Gasteiger partial charge on any atom is -0.393 e. The summed E-state index contributed by atoms with van der Waals surface area (Å²) in [5.74, 6) is 0.971. The summed E-state index contributed by atoms with van der Waals surface area (Å²) in [6, 6.07) is -0.247. The molecule has 0 saturated heterocycles. The molecule has 4 nitrogen and oxygen atoms in total. The fraction of sp³-hybridized carbons (Fsp3) is 1.00. The van der Waals surface area contributed by atoms with E-state index in [1.54, 1.807) is 0 Å². The van der Waals surface area contributed by atoms with Crippen LogP contribution in [-0.2, 0) is 0 Å². The Bertz CT molecular complexity index is 277. The van der Waals surface area contributed by atoms with E-state index in [0.29, 0.717) is 18.3 Å². The second-order valence-corrected chi connectivity index (χ2v) is 7.39. The minimum absolute atomic E-state index is 0.0132. The molecule has 2 aliphatic rings. The number of halogens is 2. The number of azide groups is 1. The highest BCUT2D eigenvalue weighted by Gasteiger charge is 2.64. The first-order valence-electron chi connectivity index (χ1n) is 4.17. The molecule has 72 valence electrons. The van der Waals surface area contributed by atoms with E-state index in [9.17, 15) is 5.11 Å². The molecule has 0 aromatic heterocycles. The molecule has 13 heavy (non-hydrogen) atoms. The van der Waals surface area contributed by atoms with Gasteiger partial charge in [-0.25, -0.2) is 0 Å². The summed E-state index contributed by atoms with van der Waals surface area (Å²) in [7, 11) is 0. The van der Waals surface area contributed by atoms with Gasteiger partial charge in [0.25, 0.3) is 0 Å². The molecule has 0 unspecified atom stereocenters. The Kier molecular flexibility index (Phi) is 2.35. The smallest absolute Gasteiger partial charge is 0.0869 e. The van der Waals surface area contributed by atoms with Crippen LogP contribution in [0.15, 0.2) is 5.11 Å². The van der Waals surface area contributed by atoms with Crippen molar-refractivity contribution in [2.75, 3.05) is 0 Å². The van der Waals surface area contributed by atoms with Crippen LogP contribution >= 0.6 is 31.9 Å². The summed E-state index contributed by atoms with van der Waals surface area (Å²) in [6.07, 6.45) is 1.01. The van der Waals surface area contributed by atoms with Crippen molar-refractivity contribution >= 4 is 31.9 Å². The van der Waals surface area contributed by atoms with Crippen LogP contribution in [0.3, 0.4) is 0 Å². The second-order valence-electron chi connectivity index (χ2n) is 3.70. The Balaban J connectivity index is 2.09. The van der Waals surface area contributed by atoms with Crippen molar-refractivity contribution in [3.05, 3.63) is 10.4 Å². The number of hydrogen-bond acceptors (Lipinski definition) is 2. The van der Waals surface area contributed by atoms with Gasteiger partial charge in [-0.2, -0.15) is 0 Å². The largest absolute Gasteiger partial charge is 0.393 e. The van der Waals surface area contributed by atoms with Crippen molar-refractivity contribution < 1.29 is 5.11 Å². The molecule has 0 radical (unpaired) electrons. The van der Waals surface area contributed by atoms with Crippen LogP contribution < -0.4 is 0 Å². The Morgan fingerprint density at radius 2 is 2.00 bits per heavy atom. The van der Waals surface area contributed by atoms with Gasteiger partial charge in [0.15, 0.2) is 0 Å². The van der Waals surface area contributed by atoms with Crippen molar-refractivity contribution in [2.45, 2.75) is 28.2 Å². The van der Waals surface area contributed by atoms with Gasteiger partial charge in [-0.1, -0.05) is 37.0 Å². The fourth-order valence-electron chi connectivity index (χ4n) is 2.13. The van der Waals surface area contributed by atoms with Gasteiger partial charge in [0.05, 0.1) is 15.4 Å². The third kappa shape index (κ3) is 1.50. The maximum absolute atomic E-state index is 9.62. The summed E-state index contributed by atoms with van der Waals surface area (Å²) < 4.78 is -0.0132. The first-order chi connectivity index (χ1) is 6.07. The van der Waals surface area contributed by atoms with Crippen molar-refractivity contribution in [1.82, 2.24) is 0 Å². The predicted octanol–water partition coefficient (Wildman–Crippen LogP) is 2.55. The molecule has 0 aromatic rings. The van der Waals surface area contributed by atoms with E-state index in [0.717, 1.165) is 6.42 Å². The Morgan fingerprint density at radius 3 is 2.62 bits per heavy atom. The maximum atomic E-state index is 9.62. The van der Waals surface area contributed by atoms with E-state index >= 15 is 0 Å². The van der Waals surface area contributed by atoms with Gasteiger partial charge in [0, 0.05) is 4.91 Å². The van der Waals surface area contributed by atoms with Gasteiger partial charge in [0.1, 0.15) is 0 Å². The summed E-state index contributed by atoms with van der Waals surface area (Å²) in [4.78, 5) is 2.74. The number of rotatable bonds is 1. The average Bonchev–Trinajstić information content (AvgIpc) is 2.56. The Hall–Kier alpha value is 0.230. The van der Waals surface area contributed by atoms with Crippen LogP contribution in [0.25, 0.3) is 10.4 Å². The van der Waals surface area contributed by atoms with E-state index in [-0.39, 0.29) is 9.28 Å². The molecule has 0 aliphatic heterocycles. The van der Waals surface area contributed by atoms with Crippen LogP contribution in [0.4, 0.5) is 0 Å². The van der Waals surface area contributed by atoms with E-state index in [1.165, 1.54) is 0 Å². The minimum atomic E-state index is -0.478. The van der Waals surface area contributed by atoms with Crippen LogP contribution in [-0.4, -0.2) is 20.5 Å². The van der Waals surface area contributed by atoms with Gasteiger partial charge < -0.3 is 5.11 Å². The SMILES string of the molecule is [N-]=[N+]=N[C@H]1C[C@@H]2[C@H](C[C@@H]1O)C2(Br)Br. The first-order valence-corrected chi connectivity index (χ1v) is 5.76. The lowest BCUT2D eigenvalue weighted by Gasteiger charge is -2.21.